The molecule has 9 nitrogen and oxygen atoms in total. The number of nitriles is 1. The average molecular weight is 459 g/mol. The normalized spacial score (nSPS) is 14.9. The third-order valence-electron chi connectivity index (χ3n) is 6.14. The minimum absolute atomic E-state index is 0.0197. The minimum atomic E-state index is -0.641. The van der Waals surface area contributed by atoms with Crippen molar-refractivity contribution in [3.05, 3.63) is 86.4 Å². The Balaban J connectivity index is 1.93. The van der Waals surface area contributed by atoms with Gasteiger partial charge in [-0.15, -0.1) is 0 Å². The lowest BCUT2D eigenvalue weighted by Gasteiger charge is -2.26. The molecule has 174 valence electrons. The van der Waals surface area contributed by atoms with Crippen LogP contribution >= 0.6 is 0 Å². The SMILES string of the molecule is CCN(CC)c1ccc([C@H]2C(C#N)=C(N)Oc3c2c(C)nn3-c2ccc(C)cc2)cc1[N+](=O)[O-]. The molecule has 4 rings (SSSR count). The van der Waals surface area contributed by atoms with E-state index in [-0.39, 0.29) is 22.1 Å². The highest BCUT2D eigenvalue weighted by Crippen LogP contribution is 2.46. The lowest BCUT2D eigenvalue weighted by Crippen LogP contribution is -2.24. The molecule has 2 heterocycles. The maximum absolute atomic E-state index is 12.0. The van der Waals surface area contributed by atoms with E-state index < -0.39 is 5.92 Å². The molecule has 34 heavy (non-hydrogen) atoms. The number of aromatic nitrogens is 2. The van der Waals surface area contributed by atoms with Crippen LogP contribution in [-0.4, -0.2) is 27.8 Å². The van der Waals surface area contributed by atoms with E-state index in [1.54, 1.807) is 10.7 Å². The van der Waals surface area contributed by atoms with Crippen LogP contribution in [0.2, 0.25) is 0 Å². The highest BCUT2D eigenvalue weighted by atomic mass is 16.6. The zero-order chi connectivity index (χ0) is 24.6. The second-order valence-corrected chi connectivity index (χ2v) is 8.15. The van der Waals surface area contributed by atoms with Gasteiger partial charge in [0.15, 0.2) is 0 Å². The molecule has 0 bridgehead atoms. The molecule has 9 heteroatoms. The van der Waals surface area contributed by atoms with Crippen LogP contribution in [0.4, 0.5) is 11.4 Å². The van der Waals surface area contributed by atoms with Gasteiger partial charge >= 0.3 is 0 Å². The number of hydrogen-bond acceptors (Lipinski definition) is 7. The van der Waals surface area contributed by atoms with Crippen LogP contribution in [0.3, 0.4) is 0 Å². The number of nitro benzene ring substituents is 1. The smallest absolute Gasteiger partial charge is 0.292 e. The Morgan fingerprint density at radius 2 is 1.88 bits per heavy atom. The van der Waals surface area contributed by atoms with Gasteiger partial charge in [-0.2, -0.15) is 10.4 Å². The van der Waals surface area contributed by atoms with Crippen molar-refractivity contribution in [2.75, 3.05) is 18.0 Å². The molecular formula is C25H26N6O3. The van der Waals surface area contributed by atoms with E-state index >= 15 is 0 Å². The van der Waals surface area contributed by atoms with Crippen molar-refractivity contribution in [1.82, 2.24) is 9.78 Å². The van der Waals surface area contributed by atoms with Crippen molar-refractivity contribution in [2.45, 2.75) is 33.6 Å². The number of benzene rings is 2. The Labute approximate surface area is 197 Å². The zero-order valence-corrected chi connectivity index (χ0v) is 19.6. The van der Waals surface area contributed by atoms with Crippen molar-refractivity contribution >= 4 is 11.4 Å². The van der Waals surface area contributed by atoms with E-state index in [2.05, 4.69) is 11.2 Å². The lowest BCUT2D eigenvalue weighted by molar-refractivity contribution is -0.384. The van der Waals surface area contributed by atoms with Crippen molar-refractivity contribution in [3.63, 3.8) is 0 Å². The van der Waals surface area contributed by atoms with Gasteiger partial charge in [-0.05, 0) is 51.5 Å². The van der Waals surface area contributed by atoms with Gasteiger partial charge in [-0.3, -0.25) is 10.1 Å². The van der Waals surface area contributed by atoms with Gasteiger partial charge in [0.2, 0.25) is 11.8 Å². The van der Waals surface area contributed by atoms with Crippen LogP contribution in [0.15, 0.2) is 53.9 Å². The zero-order valence-electron chi connectivity index (χ0n) is 19.6. The number of rotatable bonds is 6. The molecule has 0 amide bonds. The number of nitrogens with two attached hydrogens (primary N) is 1. The number of nitro groups is 1. The molecule has 0 radical (unpaired) electrons. The second-order valence-electron chi connectivity index (χ2n) is 8.15. The van der Waals surface area contributed by atoms with Crippen LogP contribution in [-0.2, 0) is 0 Å². The van der Waals surface area contributed by atoms with E-state index in [1.807, 2.05) is 62.9 Å². The van der Waals surface area contributed by atoms with Crippen LogP contribution in [0.25, 0.3) is 5.69 Å². The molecule has 3 aromatic rings. The third kappa shape index (κ3) is 3.73. The number of ether oxygens (including phenoxy) is 1. The van der Waals surface area contributed by atoms with Crippen molar-refractivity contribution in [3.8, 4) is 17.6 Å². The largest absolute Gasteiger partial charge is 0.422 e. The number of nitrogens with zero attached hydrogens (tertiary/aromatic N) is 5. The standard InChI is InChI=1S/C25H26N6O3/c1-5-29(6-2)20-12-9-17(13-21(20)31(32)33)23-19(14-26)24(27)34-25-22(23)16(4)28-30(25)18-10-7-15(3)8-11-18/h7-13,23H,5-6,27H2,1-4H3/t23-/m0/s1. The first-order valence-electron chi connectivity index (χ1n) is 11.1. The Kier molecular flexibility index (Phi) is 5.99. The summed E-state index contributed by atoms with van der Waals surface area (Å²) in [6.07, 6.45) is 0. The summed E-state index contributed by atoms with van der Waals surface area (Å²) < 4.78 is 7.54. The van der Waals surface area contributed by atoms with Crippen LogP contribution in [0.1, 0.15) is 42.1 Å². The van der Waals surface area contributed by atoms with Gasteiger partial charge in [0.25, 0.3) is 5.69 Å². The Morgan fingerprint density at radius 3 is 2.47 bits per heavy atom. The van der Waals surface area contributed by atoms with Crippen LogP contribution < -0.4 is 15.4 Å². The van der Waals surface area contributed by atoms with Gasteiger partial charge in [-0.25, -0.2) is 4.68 Å². The lowest BCUT2D eigenvalue weighted by atomic mass is 9.84. The van der Waals surface area contributed by atoms with Crippen LogP contribution in [0.5, 0.6) is 5.88 Å². The fourth-order valence-corrected chi connectivity index (χ4v) is 4.41. The number of aryl methyl sites for hydroxylation is 2. The molecule has 0 fully saturated rings. The maximum Gasteiger partial charge on any atom is 0.292 e. The summed E-state index contributed by atoms with van der Waals surface area (Å²) in [6.45, 7) is 9.00. The summed E-state index contributed by atoms with van der Waals surface area (Å²) in [5.41, 5.74) is 10.7. The van der Waals surface area contributed by atoms with E-state index in [0.717, 1.165) is 11.3 Å². The summed E-state index contributed by atoms with van der Waals surface area (Å²) in [4.78, 5) is 13.5. The summed E-state index contributed by atoms with van der Waals surface area (Å²) >= 11 is 0. The average Bonchev–Trinajstić information content (AvgIpc) is 3.15. The number of hydrogen-bond donors (Lipinski definition) is 1. The predicted molar refractivity (Wildman–Crippen MR) is 129 cm³/mol. The van der Waals surface area contributed by atoms with Crippen molar-refractivity contribution in [1.29, 1.82) is 5.26 Å². The highest BCUT2D eigenvalue weighted by Gasteiger charge is 2.37. The Morgan fingerprint density at radius 1 is 1.21 bits per heavy atom. The third-order valence-corrected chi connectivity index (χ3v) is 6.14. The predicted octanol–water partition coefficient (Wildman–Crippen LogP) is 4.46. The topological polar surface area (TPSA) is 123 Å². The molecule has 0 spiro atoms. The number of anilines is 1. The summed E-state index contributed by atoms with van der Waals surface area (Å²) in [6, 6.07) is 15.0. The first-order chi connectivity index (χ1) is 16.3. The van der Waals surface area contributed by atoms with E-state index in [0.29, 0.717) is 41.5 Å². The number of allylic oxidation sites excluding steroid dienone is 1. The molecule has 0 unspecified atom stereocenters. The first kappa shape index (κ1) is 22.9. The van der Waals surface area contributed by atoms with Crippen LogP contribution in [0, 0.1) is 35.3 Å². The molecule has 0 aliphatic carbocycles. The molecule has 2 aromatic carbocycles. The summed E-state index contributed by atoms with van der Waals surface area (Å²) in [7, 11) is 0. The molecule has 0 saturated carbocycles. The van der Waals surface area contributed by atoms with Gasteiger partial charge < -0.3 is 15.4 Å². The maximum atomic E-state index is 12.0. The molecule has 1 aliphatic rings. The second kappa shape index (κ2) is 8.90. The first-order valence-corrected chi connectivity index (χ1v) is 11.1. The van der Waals surface area contributed by atoms with E-state index in [9.17, 15) is 15.4 Å². The molecule has 1 atom stereocenters. The molecule has 1 aromatic heterocycles. The van der Waals surface area contributed by atoms with E-state index in [1.165, 1.54) is 6.07 Å². The van der Waals surface area contributed by atoms with Crippen molar-refractivity contribution < 1.29 is 9.66 Å². The molecule has 1 aliphatic heterocycles. The van der Waals surface area contributed by atoms with Gasteiger partial charge in [-0.1, -0.05) is 23.8 Å². The van der Waals surface area contributed by atoms with E-state index in [4.69, 9.17) is 10.5 Å². The van der Waals surface area contributed by atoms with Crippen molar-refractivity contribution in [2.24, 2.45) is 5.73 Å². The minimum Gasteiger partial charge on any atom is -0.422 e. The molecule has 0 saturated heterocycles. The molecule has 2 N–H and O–H groups in total. The van der Waals surface area contributed by atoms with Gasteiger partial charge in [0.1, 0.15) is 17.3 Å². The fraction of sp³-hybridized carbons (Fsp3) is 0.280. The van der Waals surface area contributed by atoms with Gasteiger partial charge in [0.05, 0.1) is 27.8 Å². The summed E-state index contributed by atoms with van der Waals surface area (Å²) in [5.74, 6) is -0.278. The summed E-state index contributed by atoms with van der Waals surface area (Å²) in [5, 5.41) is 26.6. The Bertz CT molecular complexity index is 1330. The quantitative estimate of drug-likeness (QED) is 0.427. The monoisotopic (exact) mass is 458 g/mol. The fourth-order valence-electron chi connectivity index (χ4n) is 4.41. The van der Waals surface area contributed by atoms with Gasteiger partial charge in [0, 0.05) is 19.2 Å². The Hall–Kier alpha value is -4.32. The highest BCUT2D eigenvalue weighted by molar-refractivity contribution is 5.67. The molecular weight excluding hydrogens is 432 g/mol. The number of fused-ring (bicyclic) bond motifs is 1.